The molecule has 0 aliphatic carbocycles. The highest BCUT2D eigenvalue weighted by molar-refractivity contribution is 7.80. The van der Waals surface area contributed by atoms with Crippen molar-refractivity contribution in [1.82, 2.24) is 14.8 Å². The van der Waals surface area contributed by atoms with Crippen molar-refractivity contribution in [1.29, 1.82) is 0 Å². The lowest BCUT2D eigenvalue weighted by atomic mass is 10.1. The molecule has 1 saturated heterocycles. The molecule has 0 bridgehead atoms. The van der Waals surface area contributed by atoms with E-state index in [-0.39, 0.29) is 23.0 Å². The molecule has 2 heterocycles. The molecule has 1 aromatic heterocycles. The third kappa shape index (κ3) is 4.04. The number of amides is 2. The molecule has 1 aliphatic rings. The summed E-state index contributed by atoms with van der Waals surface area (Å²) in [5.41, 5.74) is 4.18. The fourth-order valence-electron chi connectivity index (χ4n) is 3.68. The zero-order valence-electron chi connectivity index (χ0n) is 17.1. The fourth-order valence-corrected chi connectivity index (χ4v) is 3.92. The zero-order chi connectivity index (χ0) is 22.1. The fraction of sp³-hybridized carbons (Fsp3) is 0.125. The van der Waals surface area contributed by atoms with Crippen molar-refractivity contribution in [3.63, 3.8) is 0 Å². The number of thiocarbonyl (C=S) groups is 1. The minimum Gasteiger partial charge on any atom is -0.318 e. The van der Waals surface area contributed by atoms with Crippen LogP contribution in [0.1, 0.15) is 22.5 Å². The molecule has 0 atom stereocenters. The van der Waals surface area contributed by atoms with Gasteiger partial charge in [-0.15, -0.1) is 0 Å². The van der Waals surface area contributed by atoms with Crippen molar-refractivity contribution in [2.45, 2.75) is 20.4 Å². The van der Waals surface area contributed by atoms with E-state index in [1.54, 1.807) is 18.2 Å². The van der Waals surface area contributed by atoms with E-state index in [4.69, 9.17) is 12.2 Å². The number of rotatable bonds is 4. The Morgan fingerprint density at radius 2 is 1.71 bits per heavy atom. The first-order valence-electron chi connectivity index (χ1n) is 9.73. The zero-order valence-corrected chi connectivity index (χ0v) is 17.9. The van der Waals surface area contributed by atoms with Crippen molar-refractivity contribution in [3.8, 4) is 5.69 Å². The normalized spacial score (nSPS) is 15.5. The lowest BCUT2D eigenvalue weighted by Crippen LogP contribution is -2.53. The third-order valence-corrected chi connectivity index (χ3v) is 5.55. The van der Waals surface area contributed by atoms with Gasteiger partial charge in [0.2, 0.25) is 0 Å². The number of halogens is 1. The monoisotopic (exact) mass is 433 g/mol. The second kappa shape index (κ2) is 8.28. The Kier molecular flexibility index (Phi) is 5.52. The maximum absolute atomic E-state index is 13.3. The smallest absolute Gasteiger partial charge is 0.265 e. The maximum Gasteiger partial charge on any atom is 0.265 e. The molecule has 1 fully saturated rings. The third-order valence-electron chi connectivity index (χ3n) is 5.22. The van der Waals surface area contributed by atoms with Crippen LogP contribution < -0.4 is 5.32 Å². The number of aromatic nitrogens is 1. The average molecular weight is 434 g/mol. The summed E-state index contributed by atoms with van der Waals surface area (Å²) >= 11 is 5.23. The van der Waals surface area contributed by atoms with Crippen molar-refractivity contribution >= 4 is 35.2 Å². The van der Waals surface area contributed by atoms with E-state index in [1.165, 1.54) is 17.0 Å². The van der Waals surface area contributed by atoms with Crippen LogP contribution in [0.2, 0.25) is 0 Å². The predicted octanol–water partition coefficient (Wildman–Crippen LogP) is 4.06. The largest absolute Gasteiger partial charge is 0.318 e. The topological polar surface area (TPSA) is 54.3 Å². The van der Waals surface area contributed by atoms with Gasteiger partial charge >= 0.3 is 0 Å². The summed E-state index contributed by atoms with van der Waals surface area (Å²) in [6.07, 6.45) is 1.58. The van der Waals surface area contributed by atoms with Gasteiger partial charge in [0.25, 0.3) is 11.8 Å². The van der Waals surface area contributed by atoms with Crippen LogP contribution >= 0.6 is 12.2 Å². The van der Waals surface area contributed by atoms with Gasteiger partial charge in [-0.05, 0) is 73.6 Å². The van der Waals surface area contributed by atoms with Crippen LogP contribution in [-0.4, -0.2) is 26.4 Å². The molecule has 1 N–H and O–H groups in total. The van der Waals surface area contributed by atoms with E-state index < -0.39 is 11.8 Å². The van der Waals surface area contributed by atoms with Gasteiger partial charge in [-0.25, -0.2) is 4.39 Å². The molecule has 31 heavy (non-hydrogen) atoms. The Hall–Kier alpha value is -3.58. The second-order valence-corrected chi connectivity index (χ2v) is 7.72. The molecule has 4 rings (SSSR count). The van der Waals surface area contributed by atoms with Crippen LogP contribution in [0.5, 0.6) is 0 Å². The highest BCUT2D eigenvalue weighted by Gasteiger charge is 2.33. The van der Waals surface area contributed by atoms with Crippen LogP contribution in [-0.2, 0) is 16.1 Å². The van der Waals surface area contributed by atoms with E-state index in [1.807, 2.05) is 54.8 Å². The molecular weight excluding hydrogens is 413 g/mol. The summed E-state index contributed by atoms with van der Waals surface area (Å²) in [5.74, 6) is -1.28. The predicted molar refractivity (Wildman–Crippen MR) is 121 cm³/mol. The first-order valence-corrected chi connectivity index (χ1v) is 10.1. The van der Waals surface area contributed by atoms with Gasteiger partial charge in [-0.1, -0.05) is 30.3 Å². The molecule has 0 radical (unpaired) electrons. The molecule has 0 spiro atoms. The Bertz CT molecular complexity index is 1210. The molecular formula is C24H20FN3O2S. The number of nitrogens with zero attached hydrogens (tertiary/aromatic N) is 2. The minimum atomic E-state index is -0.522. The number of benzene rings is 2. The standard InChI is InChI=1S/C24H20FN3O2S/c1-15-12-18(16(2)28(15)20-10-8-19(25)9-11-20)13-21-22(29)26-24(31)27(23(21)30)14-17-6-4-3-5-7-17/h3-13H,14H2,1-2H3,(H,26,29,31). The summed E-state index contributed by atoms with van der Waals surface area (Å²) in [7, 11) is 0. The van der Waals surface area contributed by atoms with Gasteiger partial charge < -0.3 is 4.57 Å². The SMILES string of the molecule is Cc1cc(C=C2C(=O)NC(=S)N(Cc3ccccc3)C2=O)c(C)n1-c1ccc(F)cc1. The molecule has 0 saturated carbocycles. The van der Waals surface area contributed by atoms with Gasteiger partial charge in [0.15, 0.2) is 5.11 Å². The van der Waals surface area contributed by atoms with Crippen molar-refractivity contribution in [2.24, 2.45) is 0 Å². The van der Waals surface area contributed by atoms with Gasteiger partial charge in [-0.3, -0.25) is 19.8 Å². The van der Waals surface area contributed by atoms with Crippen LogP contribution in [0.15, 0.2) is 66.2 Å². The first-order chi connectivity index (χ1) is 14.8. The summed E-state index contributed by atoms with van der Waals surface area (Å²) < 4.78 is 15.3. The van der Waals surface area contributed by atoms with Gasteiger partial charge in [0.1, 0.15) is 11.4 Å². The lowest BCUT2D eigenvalue weighted by molar-refractivity contribution is -0.129. The Morgan fingerprint density at radius 1 is 1.03 bits per heavy atom. The molecule has 156 valence electrons. The minimum absolute atomic E-state index is 0.0175. The summed E-state index contributed by atoms with van der Waals surface area (Å²) in [5, 5.41) is 2.70. The first kappa shape index (κ1) is 20.7. The summed E-state index contributed by atoms with van der Waals surface area (Å²) in [6.45, 7) is 4.07. The number of carbonyl (C=O) groups is 2. The highest BCUT2D eigenvalue weighted by Crippen LogP contribution is 2.25. The number of aryl methyl sites for hydroxylation is 1. The van der Waals surface area contributed by atoms with Gasteiger partial charge in [0.05, 0.1) is 6.54 Å². The molecule has 0 unspecified atom stereocenters. The summed E-state index contributed by atoms with van der Waals surface area (Å²) in [6, 6.07) is 17.5. The summed E-state index contributed by atoms with van der Waals surface area (Å²) in [4.78, 5) is 27.1. The molecule has 7 heteroatoms. The molecule has 5 nitrogen and oxygen atoms in total. The van der Waals surface area contributed by atoms with Crippen LogP contribution in [0.4, 0.5) is 4.39 Å². The van der Waals surface area contributed by atoms with E-state index >= 15 is 0 Å². The van der Waals surface area contributed by atoms with Crippen LogP contribution in [0.3, 0.4) is 0 Å². The Balaban J connectivity index is 1.69. The number of hydrogen-bond donors (Lipinski definition) is 1. The highest BCUT2D eigenvalue weighted by atomic mass is 32.1. The molecule has 3 aromatic rings. The molecule has 2 amide bonds. The molecule has 1 aliphatic heterocycles. The number of hydrogen-bond acceptors (Lipinski definition) is 3. The quantitative estimate of drug-likeness (QED) is 0.384. The van der Waals surface area contributed by atoms with E-state index in [0.29, 0.717) is 0 Å². The average Bonchev–Trinajstić information content (AvgIpc) is 3.03. The second-order valence-electron chi connectivity index (χ2n) is 7.33. The van der Waals surface area contributed by atoms with Crippen LogP contribution in [0.25, 0.3) is 11.8 Å². The van der Waals surface area contributed by atoms with Gasteiger partial charge in [0, 0.05) is 17.1 Å². The Morgan fingerprint density at radius 3 is 2.39 bits per heavy atom. The van der Waals surface area contributed by atoms with Crippen molar-refractivity contribution < 1.29 is 14.0 Å². The number of carbonyl (C=O) groups excluding carboxylic acids is 2. The van der Waals surface area contributed by atoms with E-state index in [0.717, 1.165) is 28.2 Å². The van der Waals surface area contributed by atoms with Crippen LogP contribution in [0, 0.1) is 19.7 Å². The van der Waals surface area contributed by atoms with E-state index in [9.17, 15) is 14.0 Å². The number of nitrogens with one attached hydrogen (secondary N) is 1. The van der Waals surface area contributed by atoms with Crippen molar-refractivity contribution in [2.75, 3.05) is 0 Å². The lowest BCUT2D eigenvalue weighted by Gasteiger charge is -2.29. The maximum atomic E-state index is 13.3. The van der Waals surface area contributed by atoms with Crippen molar-refractivity contribution in [3.05, 3.63) is 94.6 Å². The molecule has 2 aromatic carbocycles. The van der Waals surface area contributed by atoms with Gasteiger partial charge in [-0.2, -0.15) is 0 Å². The Labute approximate surface area is 184 Å². The van der Waals surface area contributed by atoms with E-state index in [2.05, 4.69) is 5.32 Å².